The molecule has 1 N–H and O–H groups in total. The van der Waals surface area contributed by atoms with Crippen molar-refractivity contribution in [3.8, 4) is 0 Å². The third kappa shape index (κ3) is 2.88. The van der Waals surface area contributed by atoms with Gasteiger partial charge in [-0.2, -0.15) is 0 Å². The van der Waals surface area contributed by atoms with Gasteiger partial charge in [0.25, 0.3) is 5.91 Å². The summed E-state index contributed by atoms with van der Waals surface area (Å²) in [5, 5.41) is 8.96. The van der Waals surface area contributed by atoms with Gasteiger partial charge in [0.1, 0.15) is 16.2 Å². The van der Waals surface area contributed by atoms with Crippen molar-refractivity contribution in [3.63, 3.8) is 0 Å². The summed E-state index contributed by atoms with van der Waals surface area (Å²) in [7, 11) is 0. The van der Waals surface area contributed by atoms with Gasteiger partial charge in [-0.1, -0.05) is 36.1 Å². The van der Waals surface area contributed by atoms with Gasteiger partial charge >= 0.3 is 5.97 Å². The zero-order valence-corrected chi connectivity index (χ0v) is 12.0. The highest BCUT2D eigenvalue weighted by molar-refractivity contribution is 8.26. The van der Waals surface area contributed by atoms with Gasteiger partial charge in [-0.15, -0.1) is 0 Å². The fourth-order valence-corrected chi connectivity index (χ4v) is 3.05. The molecule has 2 rings (SSSR count). The fourth-order valence-electron chi connectivity index (χ4n) is 1.63. The standard InChI is InChI=1S/C13H10FNO3S2/c1-7(12(17)18)15-11(16)10(20-13(15)19)6-8-2-4-9(14)5-3-8/h2-7H,1H3,(H,17,18)/b10-6-/t7-/m0/s1. The van der Waals surface area contributed by atoms with E-state index in [1.807, 2.05) is 0 Å². The van der Waals surface area contributed by atoms with E-state index >= 15 is 0 Å². The molecule has 1 aromatic rings. The number of carbonyl (C=O) groups excluding carboxylic acids is 1. The number of aliphatic carboxylic acids is 1. The van der Waals surface area contributed by atoms with Gasteiger partial charge in [0.05, 0.1) is 4.91 Å². The third-order valence-electron chi connectivity index (χ3n) is 2.74. The van der Waals surface area contributed by atoms with Crippen LogP contribution in [0.5, 0.6) is 0 Å². The topological polar surface area (TPSA) is 57.6 Å². The van der Waals surface area contributed by atoms with Crippen molar-refractivity contribution in [1.29, 1.82) is 0 Å². The van der Waals surface area contributed by atoms with Crippen molar-refractivity contribution in [2.45, 2.75) is 13.0 Å². The van der Waals surface area contributed by atoms with Gasteiger partial charge in [0.2, 0.25) is 0 Å². The molecule has 0 saturated carbocycles. The Bertz CT molecular complexity index is 613. The average molecular weight is 311 g/mol. The number of benzene rings is 1. The lowest BCUT2D eigenvalue weighted by Crippen LogP contribution is -2.41. The second kappa shape index (κ2) is 5.72. The van der Waals surface area contributed by atoms with Crippen LogP contribution in [-0.2, 0) is 9.59 Å². The predicted octanol–water partition coefficient (Wildman–Crippen LogP) is 2.50. The molecule has 1 aromatic carbocycles. The minimum Gasteiger partial charge on any atom is -0.480 e. The summed E-state index contributed by atoms with van der Waals surface area (Å²) >= 11 is 6.07. The Hall–Kier alpha value is -1.73. The van der Waals surface area contributed by atoms with E-state index in [1.54, 1.807) is 6.08 Å². The second-order valence-electron chi connectivity index (χ2n) is 4.12. The number of hydrogen-bond donors (Lipinski definition) is 1. The van der Waals surface area contributed by atoms with E-state index in [-0.39, 0.29) is 10.1 Å². The van der Waals surface area contributed by atoms with Crippen LogP contribution in [0.1, 0.15) is 12.5 Å². The highest BCUT2D eigenvalue weighted by atomic mass is 32.2. The molecule has 0 radical (unpaired) electrons. The maximum atomic E-state index is 12.8. The maximum absolute atomic E-state index is 12.8. The van der Waals surface area contributed by atoms with Crippen LogP contribution in [0.25, 0.3) is 6.08 Å². The summed E-state index contributed by atoms with van der Waals surface area (Å²) in [5.41, 5.74) is 0.648. The number of carboxylic acid groups (broad SMARTS) is 1. The zero-order valence-electron chi connectivity index (χ0n) is 10.4. The monoisotopic (exact) mass is 311 g/mol. The Morgan fingerprint density at radius 2 is 2.05 bits per heavy atom. The first kappa shape index (κ1) is 14.7. The molecule has 0 bridgehead atoms. The van der Waals surface area contributed by atoms with E-state index in [0.717, 1.165) is 16.7 Å². The molecule has 7 heteroatoms. The second-order valence-corrected chi connectivity index (χ2v) is 5.79. The van der Waals surface area contributed by atoms with Gasteiger partial charge in [0, 0.05) is 0 Å². The van der Waals surface area contributed by atoms with Gasteiger partial charge in [0.15, 0.2) is 0 Å². The van der Waals surface area contributed by atoms with Crippen molar-refractivity contribution in [2.24, 2.45) is 0 Å². The lowest BCUT2D eigenvalue weighted by atomic mass is 10.2. The summed E-state index contributed by atoms with van der Waals surface area (Å²) in [6.45, 7) is 1.40. The van der Waals surface area contributed by atoms with Gasteiger partial charge in [-0.05, 0) is 30.7 Å². The molecule has 1 aliphatic rings. The molecule has 1 heterocycles. The van der Waals surface area contributed by atoms with Crippen molar-refractivity contribution in [2.75, 3.05) is 0 Å². The largest absolute Gasteiger partial charge is 0.480 e. The lowest BCUT2D eigenvalue weighted by Gasteiger charge is -2.18. The Kier molecular flexibility index (Phi) is 4.20. The van der Waals surface area contributed by atoms with Gasteiger partial charge in [-0.3, -0.25) is 9.69 Å². The van der Waals surface area contributed by atoms with Crippen LogP contribution in [0.2, 0.25) is 0 Å². The highest BCUT2D eigenvalue weighted by Crippen LogP contribution is 2.33. The number of carbonyl (C=O) groups is 2. The number of thiocarbonyl (C=S) groups is 1. The van der Waals surface area contributed by atoms with E-state index in [9.17, 15) is 14.0 Å². The molecule has 0 aliphatic carbocycles. The molecule has 0 unspecified atom stereocenters. The first-order valence-corrected chi connectivity index (χ1v) is 6.88. The summed E-state index contributed by atoms with van der Waals surface area (Å²) in [6, 6.07) is 4.62. The van der Waals surface area contributed by atoms with Crippen LogP contribution in [0, 0.1) is 5.82 Å². The van der Waals surface area contributed by atoms with Crippen LogP contribution < -0.4 is 0 Å². The van der Waals surface area contributed by atoms with Crippen LogP contribution in [0.3, 0.4) is 0 Å². The fraction of sp³-hybridized carbons (Fsp3) is 0.154. The SMILES string of the molecule is C[C@@H](C(=O)O)N1C(=O)/C(=C/c2ccc(F)cc2)SC1=S. The zero-order chi connectivity index (χ0) is 14.9. The van der Waals surface area contributed by atoms with E-state index in [0.29, 0.717) is 10.5 Å². The van der Waals surface area contributed by atoms with E-state index < -0.39 is 17.9 Å². The number of nitrogens with zero attached hydrogens (tertiary/aromatic N) is 1. The van der Waals surface area contributed by atoms with E-state index in [2.05, 4.69) is 0 Å². The number of carboxylic acids is 1. The van der Waals surface area contributed by atoms with Crippen LogP contribution in [0.4, 0.5) is 4.39 Å². The minimum atomic E-state index is -1.12. The smallest absolute Gasteiger partial charge is 0.326 e. The summed E-state index contributed by atoms with van der Waals surface area (Å²) in [6.07, 6.45) is 1.56. The number of rotatable bonds is 3. The molecular formula is C13H10FNO3S2. The maximum Gasteiger partial charge on any atom is 0.326 e. The Labute approximate surface area is 124 Å². The highest BCUT2D eigenvalue weighted by Gasteiger charge is 2.38. The molecule has 1 amide bonds. The molecule has 0 aromatic heterocycles. The van der Waals surface area contributed by atoms with Crippen LogP contribution in [0.15, 0.2) is 29.2 Å². The van der Waals surface area contributed by atoms with Crippen molar-refractivity contribution < 1.29 is 19.1 Å². The van der Waals surface area contributed by atoms with Crippen LogP contribution in [-0.4, -0.2) is 32.2 Å². The molecule has 1 fully saturated rings. The summed E-state index contributed by atoms with van der Waals surface area (Å²) in [4.78, 5) is 24.5. The summed E-state index contributed by atoms with van der Waals surface area (Å²) in [5.74, 6) is -1.93. The van der Waals surface area contributed by atoms with Gasteiger partial charge < -0.3 is 5.11 Å². The first-order valence-electron chi connectivity index (χ1n) is 5.65. The molecule has 20 heavy (non-hydrogen) atoms. The van der Waals surface area contributed by atoms with Gasteiger partial charge in [-0.25, -0.2) is 9.18 Å². The van der Waals surface area contributed by atoms with Crippen molar-refractivity contribution >= 4 is 46.3 Å². The molecule has 4 nitrogen and oxygen atoms in total. The Morgan fingerprint density at radius 3 is 2.60 bits per heavy atom. The molecule has 1 saturated heterocycles. The summed E-state index contributed by atoms with van der Waals surface area (Å²) < 4.78 is 13.0. The molecule has 0 spiro atoms. The number of hydrogen-bond acceptors (Lipinski definition) is 4. The van der Waals surface area contributed by atoms with Crippen molar-refractivity contribution in [3.05, 3.63) is 40.6 Å². The first-order chi connectivity index (χ1) is 9.40. The predicted molar refractivity (Wildman–Crippen MR) is 78.5 cm³/mol. The quantitative estimate of drug-likeness (QED) is 0.686. The van der Waals surface area contributed by atoms with Crippen LogP contribution >= 0.6 is 24.0 Å². The molecule has 1 atom stereocenters. The average Bonchev–Trinajstić information content (AvgIpc) is 2.66. The van der Waals surface area contributed by atoms with Crippen molar-refractivity contribution in [1.82, 2.24) is 4.90 Å². The third-order valence-corrected chi connectivity index (χ3v) is 4.07. The molecule has 1 aliphatic heterocycles. The Morgan fingerprint density at radius 1 is 1.45 bits per heavy atom. The van der Waals surface area contributed by atoms with E-state index in [1.165, 1.54) is 31.2 Å². The lowest BCUT2D eigenvalue weighted by molar-refractivity contribution is -0.144. The number of halogens is 1. The molecule has 104 valence electrons. The molecular weight excluding hydrogens is 301 g/mol. The number of thioether (sulfide) groups is 1. The van der Waals surface area contributed by atoms with E-state index in [4.69, 9.17) is 17.3 Å². The normalized spacial score (nSPS) is 18.7. The minimum absolute atomic E-state index is 0.207. The Balaban J connectivity index is 2.28. The number of amides is 1.